The van der Waals surface area contributed by atoms with E-state index in [1.807, 2.05) is 0 Å². The highest BCUT2D eigenvalue weighted by Crippen LogP contribution is 2.23. The molecule has 2 aromatic rings. The molecule has 0 unspecified atom stereocenters. The van der Waals surface area contributed by atoms with Gasteiger partial charge in [-0.3, -0.25) is 4.98 Å². The normalized spacial score (nSPS) is 10.4. The van der Waals surface area contributed by atoms with Gasteiger partial charge in [-0.15, -0.1) is 0 Å². The van der Waals surface area contributed by atoms with E-state index < -0.39 is 5.82 Å². The van der Waals surface area contributed by atoms with Crippen molar-refractivity contribution >= 4 is 0 Å². The number of furan rings is 1. The second kappa shape index (κ2) is 3.59. The fourth-order valence-electron chi connectivity index (χ4n) is 1.18. The summed E-state index contributed by atoms with van der Waals surface area (Å²) in [4.78, 5) is 3.63. The molecule has 0 aliphatic carbocycles. The predicted molar refractivity (Wildman–Crippen MR) is 47.8 cm³/mol. The monoisotopic (exact) mass is 193 g/mol. The molecular formula is C10H8FNO2. The van der Waals surface area contributed by atoms with Crippen LogP contribution in [0.2, 0.25) is 0 Å². The Balaban J connectivity index is 2.44. The number of nitrogens with zero attached hydrogens (tertiary/aromatic N) is 1. The van der Waals surface area contributed by atoms with E-state index in [1.165, 1.54) is 12.3 Å². The molecule has 0 radical (unpaired) electrons. The van der Waals surface area contributed by atoms with Crippen LogP contribution in [0.4, 0.5) is 4.39 Å². The second-order valence-electron chi connectivity index (χ2n) is 2.78. The van der Waals surface area contributed by atoms with Gasteiger partial charge in [-0.2, -0.15) is 0 Å². The van der Waals surface area contributed by atoms with Crippen LogP contribution in [-0.4, -0.2) is 10.1 Å². The van der Waals surface area contributed by atoms with E-state index in [1.54, 1.807) is 12.1 Å². The molecule has 0 bridgehead atoms. The lowest BCUT2D eigenvalue weighted by Crippen LogP contribution is -1.83. The topological polar surface area (TPSA) is 46.3 Å². The Morgan fingerprint density at radius 2 is 2.21 bits per heavy atom. The minimum atomic E-state index is -0.439. The molecule has 72 valence electrons. The molecule has 14 heavy (non-hydrogen) atoms. The summed E-state index contributed by atoms with van der Waals surface area (Å²) in [6.07, 6.45) is 2.61. The van der Waals surface area contributed by atoms with E-state index in [2.05, 4.69) is 4.98 Å². The van der Waals surface area contributed by atoms with E-state index >= 15 is 0 Å². The second-order valence-corrected chi connectivity index (χ2v) is 2.78. The number of aromatic nitrogens is 1. The molecule has 3 nitrogen and oxygen atoms in total. The van der Waals surface area contributed by atoms with Crippen molar-refractivity contribution in [3.8, 4) is 11.3 Å². The van der Waals surface area contributed by atoms with E-state index in [-0.39, 0.29) is 6.61 Å². The van der Waals surface area contributed by atoms with Crippen molar-refractivity contribution in [2.75, 3.05) is 0 Å². The number of rotatable bonds is 2. The average molecular weight is 193 g/mol. The quantitative estimate of drug-likeness (QED) is 0.793. The first-order valence-electron chi connectivity index (χ1n) is 4.10. The lowest BCUT2D eigenvalue weighted by atomic mass is 10.2. The van der Waals surface area contributed by atoms with Crippen molar-refractivity contribution in [1.82, 2.24) is 4.98 Å². The molecular weight excluding hydrogens is 185 g/mol. The fraction of sp³-hybridized carbons (Fsp3) is 0.100. The molecule has 0 amide bonds. The van der Waals surface area contributed by atoms with Gasteiger partial charge in [0.2, 0.25) is 0 Å². The molecule has 0 aliphatic rings. The Kier molecular flexibility index (Phi) is 2.28. The maximum absolute atomic E-state index is 13.2. The van der Waals surface area contributed by atoms with Crippen molar-refractivity contribution in [1.29, 1.82) is 0 Å². The van der Waals surface area contributed by atoms with E-state index in [9.17, 15) is 4.39 Å². The smallest absolute Gasteiger partial charge is 0.152 e. The van der Waals surface area contributed by atoms with Gasteiger partial charge in [0.1, 0.15) is 18.1 Å². The summed E-state index contributed by atoms with van der Waals surface area (Å²) in [5.74, 6) is 0.372. The van der Waals surface area contributed by atoms with Gasteiger partial charge in [0.05, 0.1) is 11.8 Å². The summed E-state index contributed by atoms with van der Waals surface area (Å²) < 4.78 is 18.4. The molecule has 0 aromatic carbocycles. The van der Waals surface area contributed by atoms with Gasteiger partial charge in [0, 0.05) is 6.20 Å². The van der Waals surface area contributed by atoms with Crippen LogP contribution in [0.15, 0.2) is 35.0 Å². The molecule has 4 heteroatoms. The van der Waals surface area contributed by atoms with Gasteiger partial charge in [-0.25, -0.2) is 4.39 Å². The Morgan fingerprint density at radius 1 is 1.36 bits per heavy atom. The Labute approximate surface area is 79.8 Å². The zero-order valence-corrected chi connectivity index (χ0v) is 7.27. The Morgan fingerprint density at radius 3 is 2.86 bits per heavy atom. The number of pyridine rings is 1. The van der Waals surface area contributed by atoms with Crippen LogP contribution < -0.4 is 0 Å². The molecule has 0 spiro atoms. The largest absolute Gasteiger partial charge is 0.459 e. The van der Waals surface area contributed by atoms with Crippen molar-refractivity contribution < 1.29 is 13.9 Å². The first kappa shape index (κ1) is 8.90. The number of aliphatic hydroxyl groups excluding tert-OH is 1. The van der Waals surface area contributed by atoms with Crippen LogP contribution in [0.1, 0.15) is 5.76 Å². The highest BCUT2D eigenvalue weighted by Gasteiger charge is 2.08. The van der Waals surface area contributed by atoms with Gasteiger partial charge in [0.15, 0.2) is 5.82 Å². The van der Waals surface area contributed by atoms with Crippen LogP contribution in [0.25, 0.3) is 11.3 Å². The lowest BCUT2D eigenvalue weighted by molar-refractivity contribution is 0.248. The zero-order valence-electron chi connectivity index (χ0n) is 7.27. The molecule has 0 saturated carbocycles. The summed E-state index contributed by atoms with van der Waals surface area (Å²) in [5.41, 5.74) is 0.347. The van der Waals surface area contributed by atoms with Gasteiger partial charge < -0.3 is 9.52 Å². The number of aliphatic hydroxyl groups is 1. The number of halogens is 1. The molecule has 1 N–H and O–H groups in total. The molecule has 2 aromatic heterocycles. The number of hydrogen-bond acceptors (Lipinski definition) is 3. The molecule has 2 rings (SSSR count). The molecule has 0 saturated heterocycles. The van der Waals surface area contributed by atoms with Crippen molar-refractivity contribution in [2.45, 2.75) is 6.61 Å². The summed E-state index contributed by atoms with van der Waals surface area (Å²) in [6.45, 7) is -0.188. The summed E-state index contributed by atoms with van der Waals surface area (Å²) in [5, 5.41) is 8.77. The van der Waals surface area contributed by atoms with Crippen molar-refractivity contribution in [3.63, 3.8) is 0 Å². The lowest BCUT2D eigenvalue weighted by Gasteiger charge is -1.97. The maximum Gasteiger partial charge on any atom is 0.152 e. The predicted octanol–water partition coefficient (Wildman–Crippen LogP) is 1.97. The van der Waals surface area contributed by atoms with E-state index in [4.69, 9.17) is 9.52 Å². The highest BCUT2D eigenvalue weighted by atomic mass is 19.1. The Hall–Kier alpha value is -1.68. The van der Waals surface area contributed by atoms with Crippen LogP contribution in [0, 0.1) is 5.82 Å². The first-order valence-corrected chi connectivity index (χ1v) is 4.10. The molecule has 0 fully saturated rings. The highest BCUT2D eigenvalue weighted by molar-refractivity contribution is 5.57. The third-order valence-electron chi connectivity index (χ3n) is 1.86. The van der Waals surface area contributed by atoms with Crippen LogP contribution in [0.5, 0.6) is 0 Å². The maximum atomic E-state index is 13.2. The minimum absolute atomic E-state index is 0.188. The SMILES string of the molecule is OCc1ccc(-c2ccncc2F)o1. The third-order valence-corrected chi connectivity index (χ3v) is 1.86. The molecule has 0 atom stereocenters. The molecule has 2 heterocycles. The van der Waals surface area contributed by atoms with Gasteiger partial charge in [-0.05, 0) is 18.2 Å². The van der Waals surface area contributed by atoms with Crippen LogP contribution in [0.3, 0.4) is 0 Å². The molecule has 0 aliphatic heterocycles. The number of hydrogen-bond donors (Lipinski definition) is 1. The van der Waals surface area contributed by atoms with Gasteiger partial charge in [0.25, 0.3) is 0 Å². The van der Waals surface area contributed by atoms with E-state index in [0.29, 0.717) is 17.1 Å². The van der Waals surface area contributed by atoms with Crippen LogP contribution >= 0.6 is 0 Å². The fourth-order valence-corrected chi connectivity index (χ4v) is 1.18. The van der Waals surface area contributed by atoms with Gasteiger partial charge in [-0.1, -0.05) is 0 Å². The van der Waals surface area contributed by atoms with Crippen molar-refractivity contribution in [2.24, 2.45) is 0 Å². The van der Waals surface area contributed by atoms with Crippen molar-refractivity contribution in [3.05, 3.63) is 42.2 Å². The standard InChI is InChI=1S/C10H8FNO2/c11-9-5-12-4-3-8(9)10-2-1-7(6-13)14-10/h1-5,13H,6H2. The minimum Gasteiger partial charge on any atom is -0.459 e. The van der Waals surface area contributed by atoms with E-state index in [0.717, 1.165) is 6.20 Å². The third kappa shape index (κ3) is 1.52. The summed E-state index contributed by atoms with van der Waals surface area (Å²) in [6, 6.07) is 4.74. The summed E-state index contributed by atoms with van der Waals surface area (Å²) >= 11 is 0. The first-order chi connectivity index (χ1) is 6.81. The summed E-state index contributed by atoms with van der Waals surface area (Å²) in [7, 11) is 0. The van der Waals surface area contributed by atoms with Crippen LogP contribution in [-0.2, 0) is 6.61 Å². The average Bonchev–Trinajstić information content (AvgIpc) is 2.67. The Bertz CT molecular complexity index is 439. The zero-order chi connectivity index (χ0) is 9.97. The van der Waals surface area contributed by atoms with Gasteiger partial charge >= 0.3 is 0 Å².